The molecule has 3 aromatic carbocycles. The monoisotopic (exact) mass is 495 g/mol. The van der Waals surface area contributed by atoms with Gasteiger partial charge in [0, 0.05) is 45.0 Å². The molecule has 2 aliphatic heterocycles. The predicted octanol–water partition coefficient (Wildman–Crippen LogP) is 4.05. The van der Waals surface area contributed by atoms with Gasteiger partial charge in [0.25, 0.3) is 5.91 Å². The van der Waals surface area contributed by atoms with E-state index in [-0.39, 0.29) is 21.4 Å². The Kier molecular flexibility index (Phi) is 6.34. The number of nitrogens with zero attached hydrogens (tertiary/aromatic N) is 3. The number of rotatable bonds is 4. The maximum absolute atomic E-state index is 13.4. The number of piperazine rings is 1. The summed E-state index contributed by atoms with van der Waals surface area (Å²) in [5.41, 5.74) is 3.66. The topological polar surface area (TPSA) is 60.9 Å². The van der Waals surface area contributed by atoms with Gasteiger partial charge in [0.2, 0.25) is 10.0 Å². The summed E-state index contributed by atoms with van der Waals surface area (Å²) in [7, 11) is -3.74. The van der Waals surface area contributed by atoms with Crippen molar-refractivity contribution in [2.24, 2.45) is 0 Å². The van der Waals surface area contributed by atoms with Gasteiger partial charge >= 0.3 is 0 Å². The highest BCUT2D eigenvalue weighted by Crippen LogP contribution is 2.28. The molecule has 1 amide bonds. The maximum Gasteiger partial charge on any atom is 0.255 e. The number of halogens is 1. The number of carbonyl (C=O) groups excluding carboxylic acids is 1. The maximum atomic E-state index is 13.4. The second-order valence-electron chi connectivity index (χ2n) is 8.61. The van der Waals surface area contributed by atoms with Crippen LogP contribution < -0.4 is 4.90 Å². The summed E-state index contributed by atoms with van der Waals surface area (Å²) in [4.78, 5) is 17.3. The second kappa shape index (κ2) is 9.41. The summed E-state index contributed by atoms with van der Waals surface area (Å²) in [6.07, 6.45) is 0.767. The lowest BCUT2D eigenvalue weighted by molar-refractivity contribution is 0.0734. The van der Waals surface area contributed by atoms with Crippen molar-refractivity contribution in [3.63, 3.8) is 0 Å². The predicted molar refractivity (Wildman–Crippen MR) is 134 cm³/mol. The molecule has 1 saturated heterocycles. The van der Waals surface area contributed by atoms with E-state index in [1.165, 1.54) is 28.1 Å². The van der Waals surface area contributed by atoms with Gasteiger partial charge in [-0.15, -0.1) is 0 Å². The van der Waals surface area contributed by atoms with Crippen LogP contribution in [0.25, 0.3) is 0 Å². The van der Waals surface area contributed by atoms with E-state index in [2.05, 4.69) is 11.0 Å². The minimum atomic E-state index is -3.74. The van der Waals surface area contributed by atoms with Crippen LogP contribution in [-0.4, -0.2) is 56.3 Å². The minimum Gasteiger partial charge on any atom is -0.369 e. The van der Waals surface area contributed by atoms with Crippen LogP contribution in [0.1, 0.15) is 21.5 Å². The van der Waals surface area contributed by atoms with Crippen molar-refractivity contribution in [3.05, 3.63) is 94.5 Å². The molecule has 3 aromatic rings. The van der Waals surface area contributed by atoms with Crippen LogP contribution in [0.3, 0.4) is 0 Å². The third kappa shape index (κ3) is 4.43. The summed E-state index contributed by atoms with van der Waals surface area (Å²) < 4.78 is 28.3. The fourth-order valence-electron chi connectivity index (χ4n) is 4.64. The Hall–Kier alpha value is -2.87. The number of hydrogen-bond donors (Lipinski definition) is 0. The molecule has 0 spiro atoms. The highest BCUT2D eigenvalue weighted by atomic mass is 35.5. The zero-order chi connectivity index (χ0) is 23.7. The minimum absolute atomic E-state index is 0.103. The summed E-state index contributed by atoms with van der Waals surface area (Å²) >= 11 is 6.37. The van der Waals surface area contributed by atoms with Gasteiger partial charge in [0.15, 0.2) is 0 Å². The van der Waals surface area contributed by atoms with E-state index in [1.807, 2.05) is 48.5 Å². The largest absolute Gasteiger partial charge is 0.369 e. The molecule has 0 N–H and O–H groups in total. The first kappa shape index (κ1) is 22.9. The lowest BCUT2D eigenvalue weighted by Gasteiger charge is -2.35. The lowest BCUT2D eigenvalue weighted by atomic mass is 9.99. The number of hydrogen-bond acceptors (Lipinski definition) is 4. The van der Waals surface area contributed by atoms with Crippen LogP contribution in [0.4, 0.5) is 5.69 Å². The zero-order valence-electron chi connectivity index (χ0n) is 18.7. The van der Waals surface area contributed by atoms with Gasteiger partial charge in [-0.2, -0.15) is 4.31 Å². The molecule has 0 saturated carbocycles. The Balaban J connectivity index is 1.33. The number of fused-ring (bicyclic) bond motifs is 1. The van der Waals surface area contributed by atoms with Crippen LogP contribution in [0, 0.1) is 0 Å². The number of para-hydroxylation sites is 1. The number of anilines is 1. The van der Waals surface area contributed by atoms with Gasteiger partial charge in [0.1, 0.15) is 0 Å². The highest BCUT2D eigenvalue weighted by Gasteiger charge is 2.30. The molecule has 8 heteroatoms. The number of amides is 1. The summed E-state index contributed by atoms with van der Waals surface area (Å²) in [5, 5.41) is 0.261. The molecule has 34 heavy (non-hydrogen) atoms. The Morgan fingerprint density at radius 3 is 2.21 bits per heavy atom. The van der Waals surface area contributed by atoms with Gasteiger partial charge in [-0.3, -0.25) is 4.79 Å². The van der Waals surface area contributed by atoms with Gasteiger partial charge in [-0.25, -0.2) is 8.42 Å². The third-order valence-electron chi connectivity index (χ3n) is 6.58. The number of carbonyl (C=O) groups is 1. The molecule has 2 heterocycles. The van der Waals surface area contributed by atoms with Gasteiger partial charge in [0.05, 0.1) is 15.5 Å². The third-order valence-corrected chi connectivity index (χ3v) is 8.81. The van der Waals surface area contributed by atoms with Crippen molar-refractivity contribution >= 4 is 33.2 Å². The average Bonchev–Trinajstić information content (AvgIpc) is 2.89. The van der Waals surface area contributed by atoms with Crippen LogP contribution in [-0.2, 0) is 23.0 Å². The summed E-state index contributed by atoms with van der Waals surface area (Å²) in [6, 6.07) is 22.5. The summed E-state index contributed by atoms with van der Waals surface area (Å²) in [6.45, 7) is 3.04. The molecule has 2 aliphatic rings. The molecule has 176 valence electrons. The van der Waals surface area contributed by atoms with Crippen LogP contribution >= 0.6 is 11.6 Å². The van der Waals surface area contributed by atoms with Gasteiger partial charge < -0.3 is 9.80 Å². The van der Waals surface area contributed by atoms with Crippen molar-refractivity contribution in [2.75, 3.05) is 37.6 Å². The van der Waals surface area contributed by atoms with Crippen molar-refractivity contribution in [1.29, 1.82) is 0 Å². The standard InChI is InChI=1S/C26H26ClN3O3S/c27-25-11-10-23(18-24(25)26(31)29-13-12-20-6-4-5-7-21(20)19-29)34(32,33)30-16-14-28(15-17-30)22-8-2-1-3-9-22/h1-11,18H,12-17,19H2. The Morgan fingerprint density at radius 1 is 0.794 bits per heavy atom. The normalized spacial score (nSPS) is 16.9. The Bertz CT molecular complexity index is 1310. The molecule has 6 nitrogen and oxygen atoms in total. The van der Waals surface area contributed by atoms with E-state index < -0.39 is 10.0 Å². The molecule has 1 fully saturated rings. The van der Waals surface area contributed by atoms with Gasteiger partial charge in [-0.1, -0.05) is 54.1 Å². The van der Waals surface area contributed by atoms with E-state index in [9.17, 15) is 13.2 Å². The SMILES string of the molecule is O=C(c1cc(S(=O)(=O)N2CCN(c3ccccc3)CC2)ccc1Cl)N1CCc2ccccc2C1. The van der Waals surface area contributed by atoms with Crippen molar-refractivity contribution in [2.45, 2.75) is 17.9 Å². The first-order chi connectivity index (χ1) is 16.4. The molecular weight excluding hydrogens is 470 g/mol. The second-order valence-corrected chi connectivity index (χ2v) is 11.0. The fraction of sp³-hybridized carbons (Fsp3) is 0.269. The Morgan fingerprint density at radius 2 is 1.47 bits per heavy atom. The molecule has 0 bridgehead atoms. The van der Waals surface area contributed by atoms with Crippen molar-refractivity contribution in [3.8, 4) is 0 Å². The highest BCUT2D eigenvalue weighted by molar-refractivity contribution is 7.89. The molecule has 0 unspecified atom stereocenters. The number of benzene rings is 3. The van der Waals surface area contributed by atoms with Crippen LogP contribution in [0.2, 0.25) is 5.02 Å². The van der Waals surface area contributed by atoms with E-state index >= 15 is 0 Å². The Labute approximate surface area is 205 Å². The van der Waals surface area contributed by atoms with E-state index in [0.717, 1.165) is 17.7 Å². The number of sulfonamides is 1. The molecule has 0 aromatic heterocycles. The van der Waals surface area contributed by atoms with E-state index in [0.29, 0.717) is 39.3 Å². The fourth-order valence-corrected chi connectivity index (χ4v) is 6.29. The van der Waals surface area contributed by atoms with Crippen molar-refractivity contribution < 1.29 is 13.2 Å². The molecule has 0 aliphatic carbocycles. The molecular formula is C26H26ClN3O3S. The average molecular weight is 496 g/mol. The summed E-state index contributed by atoms with van der Waals surface area (Å²) in [5.74, 6) is -0.245. The van der Waals surface area contributed by atoms with E-state index in [1.54, 1.807) is 4.90 Å². The van der Waals surface area contributed by atoms with Crippen LogP contribution in [0.15, 0.2) is 77.7 Å². The molecule has 0 radical (unpaired) electrons. The molecule has 5 rings (SSSR count). The zero-order valence-corrected chi connectivity index (χ0v) is 20.3. The van der Waals surface area contributed by atoms with E-state index in [4.69, 9.17) is 11.6 Å². The van der Waals surface area contributed by atoms with Crippen LogP contribution in [0.5, 0.6) is 0 Å². The quantitative estimate of drug-likeness (QED) is 0.548. The molecule has 0 atom stereocenters. The smallest absolute Gasteiger partial charge is 0.255 e. The first-order valence-corrected chi connectivity index (χ1v) is 13.2. The first-order valence-electron chi connectivity index (χ1n) is 11.4. The van der Waals surface area contributed by atoms with Gasteiger partial charge in [-0.05, 0) is 47.9 Å². The van der Waals surface area contributed by atoms with Crippen molar-refractivity contribution in [1.82, 2.24) is 9.21 Å². The lowest BCUT2D eigenvalue weighted by Crippen LogP contribution is -2.48.